The van der Waals surface area contributed by atoms with Gasteiger partial charge in [-0.2, -0.15) is 9.97 Å². The molecule has 1 fully saturated rings. The van der Waals surface area contributed by atoms with Crippen molar-refractivity contribution < 1.29 is 4.74 Å². The Labute approximate surface area is 132 Å². The lowest BCUT2D eigenvalue weighted by Gasteiger charge is -2.29. The first kappa shape index (κ1) is 16.8. The van der Waals surface area contributed by atoms with Crippen molar-refractivity contribution in [2.24, 2.45) is 0 Å². The van der Waals surface area contributed by atoms with E-state index in [0.29, 0.717) is 5.95 Å². The molecule has 1 aromatic heterocycles. The van der Waals surface area contributed by atoms with Gasteiger partial charge in [0.1, 0.15) is 11.6 Å². The Hall–Kier alpha value is -1.60. The van der Waals surface area contributed by atoms with Gasteiger partial charge in [0.05, 0.1) is 13.2 Å². The fourth-order valence-electron chi connectivity index (χ4n) is 2.36. The number of ether oxygens (including phenoxy) is 1. The van der Waals surface area contributed by atoms with Crippen LogP contribution in [-0.4, -0.2) is 67.9 Å². The lowest BCUT2D eigenvalue weighted by molar-refractivity contribution is 0.0393. The van der Waals surface area contributed by atoms with Crippen LogP contribution in [0.15, 0.2) is 6.07 Å². The van der Waals surface area contributed by atoms with Gasteiger partial charge in [-0.15, -0.1) is 0 Å². The minimum absolute atomic E-state index is 0.315. The molecule has 0 atom stereocenters. The molecule has 1 saturated heterocycles. The number of hydrogen-bond donors (Lipinski definition) is 2. The van der Waals surface area contributed by atoms with E-state index in [1.165, 1.54) is 0 Å². The molecule has 0 amide bonds. The number of nitrogen functional groups attached to an aromatic ring is 1. The van der Waals surface area contributed by atoms with Crippen LogP contribution in [-0.2, 0) is 4.74 Å². The van der Waals surface area contributed by atoms with Gasteiger partial charge in [0.15, 0.2) is 0 Å². The van der Waals surface area contributed by atoms with Crippen LogP contribution in [0.1, 0.15) is 19.8 Å². The molecular weight excluding hydrogens is 280 g/mol. The third-order valence-electron chi connectivity index (χ3n) is 3.81. The number of nitrogens with two attached hydrogens (primary N) is 1. The number of hydrogen-bond acceptors (Lipinski definition) is 7. The predicted octanol–water partition coefficient (Wildman–Crippen LogP) is 1.04. The highest BCUT2D eigenvalue weighted by Gasteiger charge is 2.12. The Balaban J connectivity index is 1.88. The molecule has 0 unspecified atom stereocenters. The molecule has 2 heterocycles. The Morgan fingerprint density at radius 2 is 2.14 bits per heavy atom. The van der Waals surface area contributed by atoms with Gasteiger partial charge in [0.25, 0.3) is 0 Å². The largest absolute Gasteiger partial charge is 0.379 e. The zero-order valence-electron chi connectivity index (χ0n) is 13.7. The predicted molar refractivity (Wildman–Crippen MR) is 90.4 cm³/mol. The third-order valence-corrected chi connectivity index (χ3v) is 3.81. The van der Waals surface area contributed by atoms with Crippen LogP contribution in [0.25, 0.3) is 0 Å². The summed E-state index contributed by atoms with van der Waals surface area (Å²) in [7, 11) is 2.04. The Morgan fingerprint density at radius 3 is 2.86 bits per heavy atom. The number of nitrogens with one attached hydrogen (secondary N) is 1. The van der Waals surface area contributed by atoms with Crippen LogP contribution in [0, 0.1) is 0 Å². The van der Waals surface area contributed by atoms with Gasteiger partial charge in [-0.25, -0.2) is 0 Å². The number of unbranched alkanes of at least 4 members (excludes halogenated alkanes) is 1. The molecule has 0 radical (unpaired) electrons. The Morgan fingerprint density at radius 1 is 1.36 bits per heavy atom. The second kappa shape index (κ2) is 8.75. The van der Waals surface area contributed by atoms with Gasteiger partial charge in [0.2, 0.25) is 5.95 Å². The van der Waals surface area contributed by atoms with Gasteiger partial charge >= 0.3 is 0 Å². The molecule has 0 aliphatic carbocycles. The summed E-state index contributed by atoms with van der Waals surface area (Å²) in [6.45, 7) is 8.65. The van der Waals surface area contributed by atoms with Gasteiger partial charge in [0, 0.05) is 45.8 Å². The van der Waals surface area contributed by atoms with Gasteiger partial charge < -0.3 is 20.7 Å². The molecule has 7 heteroatoms. The molecule has 0 aromatic carbocycles. The van der Waals surface area contributed by atoms with E-state index in [2.05, 4.69) is 32.0 Å². The summed E-state index contributed by atoms with van der Waals surface area (Å²) in [6, 6.07) is 1.96. The maximum Gasteiger partial charge on any atom is 0.223 e. The molecule has 7 nitrogen and oxygen atoms in total. The minimum atomic E-state index is 0.315. The SMILES string of the molecule is CCCCNc1cc(N(C)CCN2CCOCC2)nc(N)n1. The Bertz CT molecular complexity index is 450. The number of likely N-dealkylation sites (N-methyl/N-ethyl adjacent to an activating group) is 1. The summed E-state index contributed by atoms with van der Waals surface area (Å²) in [5, 5.41) is 3.30. The molecule has 1 aliphatic heterocycles. The maximum atomic E-state index is 5.82. The van der Waals surface area contributed by atoms with Crippen LogP contribution in [0.5, 0.6) is 0 Å². The number of rotatable bonds is 8. The average Bonchev–Trinajstić information content (AvgIpc) is 2.53. The van der Waals surface area contributed by atoms with Crippen molar-refractivity contribution in [3.8, 4) is 0 Å². The molecule has 1 aromatic rings. The number of morpholine rings is 1. The standard InChI is InChI=1S/C15H28N6O/c1-3-4-5-17-13-12-14(19-15(16)18-13)20(2)6-7-21-8-10-22-11-9-21/h12H,3-11H2,1-2H3,(H3,16,17,18,19). The van der Waals surface area contributed by atoms with Crippen molar-refractivity contribution in [1.29, 1.82) is 0 Å². The van der Waals surface area contributed by atoms with Crippen LogP contribution in [0.2, 0.25) is 0 Å². The second-order valence-electron chi connectivity index (χ2n) is 5.63. The Kier molecular flexibility index (Phi) is 6.67. The van der Waals surface area contributed by atoms with Crippen molar-refractivity contribution in [2.45, 2.75) is 19.8 Å². The first-order valence-corrected chi connectivity index (χ1v) is 8.08. The van der Waals surface area contributed by atoms with Crippen molar-refractivity contribution in [3.63, 3.8) is 0 Å². The lowest BCUT2D eigenvalue weighted by Crippen LogP contribution is -2.40. The van der Waals surface area contributed by atoms with Gasteiger partial charge in [-0.3, -0.25) is 4.90 Å². The minimum Gasteiger partial charge on any atom is -0.379 e. The molecule has 0 saturated carbocycles. The molecule has 2 rings (SSSR count). The second-order valence-corrected chi connectivity index (χ2v) is 5.63. The number of aromatic nitrogens is 2. The zero-order valence-corrected chi connectivity index (χ0v) is 13.7. The summed E-state index contributed by atoms with van der Waals surface area (Å²) >= 11 is 0. The highest BCUT2D eigenvalue weighted by atomic mass is 16.5. The monoisotopic (exact) mass is 308 g/mol. The van der Waals surface area contributed by atoms with Crippen LogP contribution in [0.4, 0.5) is 17.6 Å². The van der Waals surface area contributed by atoms with Crippen molar-refractivity contribution in [2.75, 3.05) is 68.9 Å². The topological polar surface area (TPSA) is 79.5 Å². The fraction of sp³-hybridized carbons (Fsp3) is 0.733. The molecule has 22 heavy (non-hydrogen) atoms. The fourth-order valence-corrected chi connectivity index (χ4v) is 2.36. The molecule has 124 valence electrons. The zero-order chi connectivity index (χ0) is 15.8. The summed E-state index contributed by atoms with van der Waals surface area (Å²) in [4.78, 5) is 13.1. The van der Waals surface area contributed by atoms with E-state index in [4.69, 9.17) is 10.5 Å². The normalized spacial score (nSPS) is 15.7. The van der Waals surface area contributed by atoms with Crippen LogP contribution < -0.4 is 16.0 Å². The lowest BCUT2D eigenvalue weighted by atomic mass is 10.3. The quantitative estimate of drug-likeness (QED) is 0.695. The summed E-state index contributed by atoms with van der Waals surface area (Å²) in [6.07, 6.45) is 2.27. The molecule has 3 N–H and O–H groups in total. The first-order chi connectivity index (χ1) is 10.7. The van der Waals surface area contributed by atoms with Crippen molar-refractivity contribution >= 4 is 17.6 Å². The van der Waals surface area contributed by atoms with Crippen LogP contribution >= 0.6 is 0 Å². The molecule has 0 spiro atoms. The van der Waals surface area contributed by atoms with E-state index in [-0.39, 0.29) is 0 Å². The highest BCUT2D eigenvalue weighted by molar-refractivity contribution is 5.52. The molecule has 0 bridgehead atoms. The van der Waals surface area contributed by atoms with Crippen molar-refractivity contribution in [3.05, 3.63) is 6.07 Å². The number of anilines is 3. The summed E-state index contributed by atoms with van der Waals surface area (Å²) < 4.78 is 5.37. The summed E-state index contributed by atoms with van der Waals surface area (Å²) in [5.41, 5.74) is 5.82. The van der Waals surface area contributed by atoms with E-state index in [1.807, 2.05) is 13.1 Å². The van der Waals surface area contributed by atoms with E-state index < -0.39 is 0 Å². The van der Waals surface area contributed by atoms with E-state index in [1.54, 1.807) is 0 Å². The van der Waals surface area contributed by atoms with Crippen LogP contribution in [0.3, 0.4) is 0 Å². The van der Waals surface area contributed by atoms with E-state index >= 15 is 0 Å². The molecular formula is C15H28N6O. The average molecular weight is 308 g/mol. The van der Waals surface area contributed by atoms with E-state index in [0.717, 1.165) is 70.4 Å². The van der Waals surface area contributed by atoms with Gasteiger partial charge in [-0.1, -0.05) is 13.3 Å². The summed E-state index contributed by atoms with van der Waals surface area (Å²) in [5.74, 6) is 1.98. The first-order valence-electron chi connectivity index (χ1n) is 8.08. The van der Waals surface area contributed by atoms with Crippen molar-refractivity contribution in [1.82, 2.24) is 14.9 Å². The smallest absolute Gasteiger partial charge is 0.223 e. The number of nitrogens with zero attached hydrogens (tertiary/aromatic N) is 4. The van der Waals surface area contributed by atoms with Gasteiger partial charge in [-0.05, 0) is 6.42 Å². The van der Waals surface area contributed by atoms with E-state index in [9.17, 15) is 0 Å². The molecule has 1 aliphatic rings. The highest BCUT2D eigenvalue weighted by Crippen LogP contribution is 2.16. The maximum absolute atomic E-state index is 5.82. The third kappa shape index (κ3) is 5.31.